The highest BCUT2D eigenvalue weighted by Crippen LogP contribution is 1.97. The van der Waals surface area contributed by atoms with Crippen LogP contribution in [0.1, 0.15) is 19.3 Å². The van der Waals surface area contributed by atoms with E-state index in [0.717, 1.165) is 0 Å². The zero-order valence-corrected chi connectivity index (χ0v) is 10.2. The second-order valence-electron chi connectivity index (χ2n) is 3.00. The molecule has 3 amide bonds. The van der Waals surface area contributed by atoms with Crippen molar-refractivity contribution in [3.8, 4) is 0 Å². The highest BCUT2D eigenvalue weighted by Gasteiger charge is 2.07. The molecule has 7 heteroatoms. The Bertz CT molecular complexity index is 304. The van der Waals surface area contributed by atoms with E-state index in [0.29, 0.717) is 4.48 Å². The maximum atomic E-state index is 11.1. The molecule has 0 radical (unpaired) electrons. The van der Waals surface area contributed by atoms with Crippen molar-refractivity contribution in [2.24, 2.45) is 0 Å². The van der Waals surface area contributed by atoms with Crippen LogP contribution >= 0.6 is 15.9 Å². The van der Waals surface area contributed by atoms with Crippen LogP contribution in [0.15, 0.2) is 11.1 Å². The third kappa shape index (κ3) is 9.20. The lowest BCUT2D eigenvalue weighted by molar-refractivity contribution is -0.137. The molecular formula is C9H13BrN2O4. The molecule has 3 N–H and O–H groups in total. The van der Waals surface area contributed by atoms with Crippen LogP contribution in [0, 0.1) is 0 Å². The monoisotopic (exact) mass is 292 g/mol. The van der Waals surface area contributed by atoms with Crippen LogP contribution < -0.4 is 10.6 Å². The van der Waals surface area contributed by atoms with Crippen LogP contribution in [0.25, 0.3) is 0 Å². The summed E-state index contributed by atoms with van der Waals surface area (Å²) >= 11 is 3.04. The highest BCUT2D eigenvalue weighted by atomic mass is 79.9. The van der Waals surface area contributed by atoms with Crippen LogP contribution in [-0.4, -0.2) is 29.6 Å². The third-order valence-corrected chi connectivity index (χ3v) is 1.77. The number of amides is 3. The van der Waals surface area contributed by atoms with E-state index in [1.165, 1.54) is 0 Å². The van der Waals surface area contributed by atoms with Crippen LogP contribution in [0.2, 0.25) is 0 Å². The van der Waals surface area contributed by atoms with Crippen molar-refractivity contribution in [1.29, 1.82) is 0 Å². The number of halogens is 1. The minimum Gasteiger partial charge on any atom is -0.481 e. The molecule has 0 aromatic rings. The number of rotatable bonds is 6. The summed E-state index contributed by atoms with van der Waals surface area (Å²) in [5.74, 6) is -1.47. The minimum atomic E-state index is -0.965. The molecule has 6 nitrogen and oxygen atoms in total. The van der Waals surface area contributed by atoms with Crippen molar-refractivity contribution < 1.29 is 19.5 Å². The Labute approximate surface area is 101 Å². The van der Waals surface area contributed by atoms with Crippen molar-refractivity contribution in [3.63, 3.8) is 0 Å². The van der Waals surface area contributed by atoms with E-state index >= 15 is 0 Å². The van der Waals surface area contributed by atoms with Gasteiger partial charge in [-0.1, -0.05) is 22.5 Å². The molecule has 16 heavy (non-hydrogen) atoms. The Morgan fingerprint density at radius 2 is 1.88 bits per heavy atom. The fourth-order valence-electron chi connectivity index (χ4n) is 0.810. The minimum absolute atomic E-state index is 0.00891. The Hall–Kier alpha value is -1.37. The van der Waals surface area contributed by atoms with Gasteiger partial charge in [0, 0.05) is 17.3 Å². The van der Waals surface area contributed by atoms with Crippen molar-refractivity contribution in [1.82, 2.24) is 10.6 Å². The number of aliphatic carboxylic acids is 1. The number of urea groups is 1. The van der Waals surface area contributed by atoms with Gasteiger partial charge in [0.2, 0.25) is 5.91 Å². The van der Waals surface area contributed by atoms with Gasteiger partial charge in [-0.3, -0.25) is 14.9 Å². The molecule has 0 rings (SSSR count). The largest absolute Gasteiger partial charge is 0.481 e. The van der Waals surface area contributed by atoms with E-state index in [2.05, 4.69) is 33.1 Å². The Morgan fingerprint density at radius 1 is 1.25 bits per heavy atom. The summed E-state index contributed by atoms with van der Waals surface area (Å²) in [5.41, 5.74) is 0. The SMILES string of the molecule is C=C(Br)CNC(=O)NC(=O)CCCC(=O)O. The van der Waals surface area contributed by atoms with Gasteiger partial charge in [-0.2, -0.15) is 0 Å². The average molecular weight is 293 g/mol. The standard InChI is InChI=1S/C9H13BrN2O4/c1-6(10)5-11-9(16)12-7(13)3-2-4-8(14)15/h1-5H2,(H,14,15)(H2,11,12,13,16). The summed E-state index contributed by atoms with van der Waals surface area (Å²) in [6.45, 7) is 3.72. The normalized spacial score (nSPS) is 9.31. The molecule has 0 saturated carbocycles. The number of imide groups is 1. The number of carbonyl (C=O) groups excluding carboxylic acids is 2. The van der Waals surface area contributed by atoms with Gasteiger partial charge in [0.25, 0.3) is 0 Å². The van der Waals surface area contributed by atoms with Gasteiger partial charge >= 0.3 is 12.0 Å². The van der Waals surface area contributed by atoms with E-state index in [1.807, 2.05) is 0 Å². The molecule has 0 spiro atoms. The first-order valence-corrected chi connectivity index (χ1v) is 5.34. The van der Waals surface area contributed by atoms with E-state index < -0.39 is 17.9 Å². The van der Waals surface area contributed by atoms with Crippen LogP contribution in [0.4, 0.5) is 4.79 Å². The van der Waals surface area contributed by atoms with Gasteiger partial charge < -0.3 is 10.4 Å². The zero-order chi connectivity index (χ0) is 12.6. The van der Waals surface area contributed by atoms with Crippen molar-refractivity contribution in [2.75, 3.05) is 6.54 Å². The van der Waals surface area contributed by atoms with Gasteiger partial charge in [0.05, 0.1) is 6.54 Å². The predicted molar refractivity (Wildman–Crippen MR) is 61.1 cm³/mol. The lowest BCUT2D eigenvalue weighted by atomic mass is 10.2. The average Bonchev–Trinajstić information content (AvgIpc) is 2.14. The number of carbonyl (C=O) groups is 3. The number of nitrogens with one attached hydrogen (secondary N) is 2. The smallest absolute Gasteiger partial charge is 0.321 e. The summed E-state index contributed by atoms with van der Waals surface area (Å²) in [4.78, 5) is 32.3. The van der Waals surface area contributed by atoms with Gasteiger partial charge in [0.1, 0.15) is 0 Å². The van der Waals surface area contributed by atoms with Crippen molar-refractivity contribution in [2.45, 2.75) is 19.3 Å². The van der Waals surface area contributed by atoms with Gasteiger partial charge in [-0.25, -0.2) is 4.79 Å². The highest BCUT2D eigenvalue weighted by molar-refractivity contribution is 9.11. The van der Waals surface area contributed by atoms with E-state index in [-0.39, 0.29) is 25.8 Å². The topological polar surface area (TPSA) is 95.5 Å². The number of carboxylic acid groups (broad SMARTS) is 1. The molecule has 0 aliphatic rings. The van der Waals surface area contributed by atoms with Crippen LogP contribution in [0.5, 0.6) is 0 Å². The van der Waals surface area contributed by atoms with Gasteiger partial charge in [-0.05, 0) is 6.42 Å². The van der Waals surface area contributed by atoms with Crippen LogP contribution in [-0.2, 0) is 9.59 Å². The lowest BCUT2D eigenvalue weighted by Gasteiger charge is -2.05. The van der Waals surface area contributed by atoms with Gasteiger partial charge in [-0.15, -0.1) is 0 Å². The molecule has 0 heterocycles. The fraction of sp³-hybridized carbons (Fsp3) is 0.444. The summed E-state index contributed by atoms with van der Waals surface area (Å²) in [6, 6.07) is -0.624. The molecular weight excluding hydrogens is 280 g/mol. The Morgan fingerprint density at radius 3 is 2.38 bits per heavy atom. The van der Waals surface area contributed by atoms with E-state index in [4.69, 9.17) is 5.11 Å². The maximum Gasteiger partial charge on any atom is 0.321 e. The maximum absolute atomic E-state index is 11.1. The fourth-order valence-corrected chi connectivity index (χ4v) is 0.950. The summed E-state index contributed by atoms with van der Waals surface area (Å²) < 4.78 is 0.584. The molecule has 0 bridgehead atoms. The second-order valence-corrected chi connectivity index (χ2v) is 4.12. The van der Waals surface area contributed by atoms with Crippen molar-refractivity contribution in [3.05, 3.63) is 11.1 Å². The first-order valence-electron chi connectivity index (χ1n) is 4.54. The van der Waals surface area contributed by atoms with Gasteiger partial charge in [0.15, 0.2) is 0 Å². The first kappa shape index (κ1) is 14.6. The molecule has 90 valence electrons. The quantitative estimate of drug-likeness (QED) is 0.680. The summed E-state index contributed by atoms with van der Waals surface area (Å²) in [5, 5.41) is 12.8. The first-order chi connectivity index (χ1) is 7.41. The number of carboxylic acids is 1. The van der Waals surface area contributed by atoms with Crippen LogP contribution in [0.3, 0.4) is 0 Å². The molecule has 0 aliphatic carbocycles. The second kappa shape index (κ2) is 7.86. The molecule has 0 aliphatic heterocycles. The Balaban J connectivity index is 3.66. The molecule has 0 saturated heterocycles. The molecule has 0 atom stereocenters. The van der Waals surface area contributed by atoms with E-state index in [1.54, 1.807) is 0 Å². The third-order valence-electron chi connectivity index (χ3n) is 1.49. The molecule has 0 aromatic carbocycles. The zero-order valence-electron chi connectivity index (χ0n) is 8.59. The summed E-state index contributed by atoms with van der Waals surface area (Å²) in [7, 11) is 0. The molecule has 0 unspecified atom stereocenters. The number of hydrogen-bond acceptors (Lipinski definition) is 3. The Kier molecular flexibility index (Phi) is 7.19. The van der Waals surface area contributed by atoms with E-state index in [9.17, 15) is 14.4 Å². The summed E-state index contributed by atoms with van der Waals surface area (Å²) in [6.07, 6.45) is 0.127. The van der Waals surface area contributed by atoms with Crippen molar-refractivity contribution >= 4 is 33.8 Å². The number of hydrogen-bond donors (Lipinski definition) is 3. The molecule has 0 fully saturated rings. The lowest BCUT2D eigenvalue weighted by Crippen LogP contribution is -2.39. The molecule has 0 aromatic heterocycles. The predicted octanol–water partition coefficient (Wildman–Crippen LogP) is 0.976.